The molecule has 0 saturated heterocycles. The van der Waals surface area contributed by atoms with Gasteiger partial charge in [0, 0.05) is 29.3 Å². The minimum atomic E-state index is -0.206. The van der Waals surface area contributed by atoms with E-state index in [4.69, 9.17) is 4.42 Å². The molecule has 2 amide bonds. The third kappa shape index (κ3) is 4.85. The molecule has 1 aromatic heterocycles. The Balaban J connectivity index is 1.68. The first-order valence-electron chi connectivity index (χ1n) is 8.83. The second-order valence-electron chi connectivity index (χ2n) is 6.51. The summed E-state index contributed by atoms with van der Waals surface area (Å²) in [6, 6.07) is 17.9. The van der Waals surface area contributed by atoms with Crippen molar-refractivity contribution in [1.82, 2.24) is 5.32 Å². The van der Waals surface area contributed by atoms with Gasteiger partial charge < -0.3 is 15.1 Å². The van der Waals surface area contributed by atoms with Crippen molar-refractivity contribution in [1.29, 1.82) is 0 Å². The normalized spacial score (nSPS) is 11.6. The van der Waals surface area contributed by atoms with E-state index in [1.165, 1.54) is 0 Å². The molecule has 0 fully saturated rings. The quantitative estimate of drug-likeness (QED) is 0.690. The Hall–Kier alpha value is -3.34. The highest BCUT2D eigenvalue weighted by Gasteiger charge is 2.14. The van der Waals surface area contributed by atoms with Crippen LogP contribution in [0.1, 0.15) is 39.0 Å². The SMILES string of the molecule is Cc1ccc(C(=O)NC(C)Cc2ccco2)cc1NC(=O)c1ccccc1. The molecule has 27 heavy (non-hydrogen) atoms. The Morgan fingerprint density at radius 2 is 1.74 bits per heavy atom. The van der Waals surface area contributed by atoms with Crippen LogP contribution in [0.25, 0.3) is 0 Å². The lowest BCUT2D eigenvalue weighted by Crippen LogP contribution is -2.34. The number of benzene rings is 2. The van der Waals surface area contributed by atoms with Gasteiger partial charge in [-0.15, -0.1) is 0 Å². The van der Waals surface area contributed by atoms with Crippen LogP contribution in [0.2, 0.25) is 0 Å². The Morgan fingerprint density at radius 1 is 0.963 bits per heavy atom. The van der Waals surface area contributed by atoms with E-state index in [0.29, 0.717) is 23.2 Å². The molecule has 0 radical (unpaired) electrons. The Labute approximate surface area is 158 Å². The van der Waals surface area contributed by atoms with Gasteiger partial charge in [0.15, 0.2) is 0 Å². The molecule has 5 heteroatoms. The lowest BCUT2D eigenvalue weighted by Gasteiger charge is -2.14. The fraction of sp³-hybridized carbons (Fsp3) is 0.182. The molecule has 0 bridgehead atoms. The van der Waals surface area contributed by atoms with Gasteiger partial charge in [-0.3, -0.25) is 9.59 Å². The molecule has 0 spiro atoms. The van der Waals surface area contributed by atoms with Crippen molar-refractivity contribution in [2.75, 3.05) is 5.32 Å². The molecule has 0 aliphatic carbocycles. The fourth-order valence-electron chi connectivity index (χ4n) is 2.77. The first-order chi connectivity index (χ1) is 13.0. The number of anilines is 1. The summed E-state index contributed by atoms with van der Waals surface area (Å²) in [6.07, 6.45) is 2.23. The van der Waals surface area contributed by atoms with Crippen LogP contribution >= 0.6 is 0 Å². The Kier molecular flexibility index (Phi) is 5.71. The standard InChI is InChI=1S/C22H22N2O3/c1-15-10-11-18(22(26)23-16(2)13-19-9-6-12-27-19)14-20(15)24-21(25)17-7-4-3-5-8-17/h3-12,14,16H,13H2,1-2H3,(H,23,26)(H,24,25). The third-order valence-corrected chi connectivity index (χ3v) is 4.25. The number of rotatable bonds is 6. The van der Waals surface area contributed by atoms with E-state index in [1.807, 2.05) is 50.2 Å². The van der Waals surface area contributed by atoms with Gasteiger partial charge in [-0.25, -0.2) is 0 Å². The lowest BCUT2D eigenvalue weighted by atomic mass is 10.1. The summed E-state index contributed by atoms with van der Waals surface area (Å²) in [5.74, 6) is 0.425. The first-order valence-corrected chi connectivity index (χ1v) is 8.83. The summed E-state index contributed by atoms with van der Waals surface area (Å²) < 4.78 is 5.31. The highest BCUT2D eigenvalue weighted by Crippen LogP contribution is 2.18. The van der Waals surface area contributed by atoms with E-state index in [-0.39, 0.29) is 17.9 Å². The summed E-state index contributed by atoms with van der Waals surface area (Å²) >= 11 is 0. The zero-order valence-electron chi connectivity index (χ0n) is 15.4. The van der Waals surface area contributed by atoms with Crippen LogP contribution in [0, 0.1) is 6.92 Å². The first kappa shape index (κ1) is 18.5. The number of amides is 2. The molecule has 3 rings (SSSR count). The van der Waals surface area contributed by atoms with Crippen LogP contribution in [-0.2, 0) is 6.42 Å². The maximum absolute atomic E-state index is 12.5. The second kappa shape index (κ2) is 8.36. The molecular weight excluding hydrogens is 340 g/mol. The van der Waals surface area contributed by atoms with Crippen molar-refractivity contribution in [3.05, 3.63) is 89.4 Å². The molecule has 0 saturated carbocycles. The van der Waals surface area contributed by atoms with Gasteiger partial charge >= 0.3 is 0 Å². The van der Waals surface area contributed by atoms with Crippen molar-refractivity contribution in [2.24, 2.45) is 0 Å². The predicted octanol–water partition coefficient (Wildman–Crippen LogP) is 4.20. The van der Waals surface area contributed by atoms with E-state index in [9.17, 15) is 9.59 Å². The van der Waals surface area contributed by atoms with Gasteiger partial charge in [0.25, 0.3) is 11.8 Å². The van der Waals surface area contributed by atoms with Crippen LogP contribution in [0.15, 0.2) is 71.3 Å². The van der Waals surface area contributed by atoms with E-state index < -0.39 is 0 Å². The molecule has 3 aromatic rings. The van der Waals surface area contributed by atoms with Crippen molar-refractivity contribution in [3.63, 3.8) is 0 Å². The Morgan fingerprint density at radius 3 is 2.44 bits per heavy atom. The Bertz CT molecular complexity index is 918. The van der Waals surface area contributed by atoms with Crippen molar-refractivity contribution < 1.29 is 14.0 Å². The lowest BCUT2D eigenvalue weighted by molar-refractivity contribution is 0.0938. The van der Waals surface area contributed by atoms with Gasteiger partial charge in [0.05, 0.1) is 6.26 Å². The average molecular weight is 362 g/mol. The maximum atomic E-state index is 12.5. The molecule has 0 aliphatic rings. The fourth-order valence-corrected chi connectivity index (χ4v) is 2.77. The number of nitrogens with one attached hydrogen (secondary N) is 2. The summed E-state index contributed by atoms with van der Waals surface area (Å²) in [6.45, 7) is 3.81. The van der Waals surface area contributed by atoms with Gasteiger partial charge in [0.2, 0.25) is 0 Å². The molecule has 1 atom stereocenters. The monoisotopic (exact) mass is 362 g/mol. The van der Waals surface area contributed by atoms with E-state index in [0.717, 1.165) is 11.3 Å². The number of aryl methyl sites for hydroxylation is 1. The predicted molar refractivity (Wildman–Crippen MR) is 105 cm³/mol. The smallest absolute Gasteiger partial charge is 0.255 e. The second-order valence-corrected chi connectivity index (χ2v) is 6.51. The van der Waals surface area contributed by atoms with Crippen LogP contribution in [0.4, 0.5) is 5.69 Å². The minimum Gasteiger partial charge on any atom is -0.469 e. The minimum absolute atomic E-state index is 0.0766. The molecule has 1 unspecified atom stereocenters. The highest BCUT2D eigenvalue weighted by atomic mass is 16.3. The third-order valence-electron chi connectivity index (χ3n) is 4.25. The molecule has 0 aliphatic heterocycles. The number of hydrogen-bond acceptors (Lipinski definition) is 3. The largest absolute Gasteiger partial charge is 0.469 e. The number of carbonyl (C=O) groups excluding carboxylic acids is 2. The average Bonchev–Trinajstić information content (AvgIpc) is 3.17. The molecule has 5 nitrogen and oxygen atoms in total. The van der Waals surface area contributed by atoms with Crippen LogP contribution in [-0.4, -0.2) is 17.9 Å². The summed E-state index contributed by atoms with van der Waals surface area (Å²) in [4.78, 5) is 24.9. The van der Waals surface area contributed by atoms with E-state index >= 15 is 0 Å². The van der Waals surface area contributed by atoms with Gasteiger partial charge in [-0.2, -0.15) is 0 Å². The van der Waals surface area contributed by atoms with Crippen LogP contribution < -0.4 is 10.6 Å². The zero-order valence-corrected chi connectivity index (χ0v) is 15.4. The van der Waals surface area contributed by atoms with E-state index in [1.54, 1.807) is 30.5 Å². The van der Waals surface area contributed by atoms with Crippen LogP contribution in [0.5, 0.6) is 0 Å². The number of carbonyl (C=O) groups is 2. The van der Waals surface area contributed by atoms with Crippen LogP contribution in [0.3, 0.4) is 0 Å². The van der Waals surface area contributed by atoms with E-state index in [2.05, 4.69) is 10.6 Å². The topological polar surface area (TPSA) is 71.3 Å². The molecule has 2 aromatic carbocycles. The van der Waals surface area contributed by atoms with Crippen molar-refractivity contribution in [3.8, 4) is 0 Å². The zero-order chi connectivity index (χ0) is 19.2. The summed E-state index contributed by atoms with van der Waals surface area (Å²) in [5, 5.41) is 5.83. The van der Waals surface area contributed by atoms with Gasteiger partial charge in [0.1, 0.15) is 5.76 Å². The highest BCUT2D eigenvalue weighted by molar-refractivity contribution is 6.05. The molecule has 2 N–H and O–H groups in total. The number of furan rings is 1. The maximum Gasteiger partial charge on any atom is 0.255 e. The summed E-state index contributed by atoms with van der Waals surface area (Å²) in [7, 11) is 0. The molecule has 1 heterocycles. The molecular formula is C22H22N2O3. The number of hydrogen-bond donors (Lipinski definition) is 2. The summed E-state index contributed by atoms with van der Waals surface area (Å²) in [5.41, 5.74) is 2.57. The van der Waals surface area contributed by atoms with Gasteiger partial charge in [-0.1, -0.05) is 24.3 Å². The molecule has 138 valence electrons. The van der Waals surface area contributed by atoms with Crippen molar-refractivity contribution >= 4 is 17.5 Å². The van der Waals surface area contributed by atoms with Crippen molar-refractivity contribution in [2.45, 2.75) is 26.3 Å². The van der Waals surface area contributed by atoms with Gasteiger partial charge in [-0.05, 0) is 55.8 Å².